The van der Waals surface area contributed by atoms with Crippen molar-refractivity contribution < 1.29 is 8.78 Å². The van der Waals surface area contributed by atoms with Crippen molar-refractivity contribution in [2.45, 2.75) is 12.5 Å². The highest BCUT2D eigenvalue weighted by Gasteiger charge is 2.20. The lowest BCUT2D eigenvalue weighted by atomic mass is 10.0. The molecule has 1 atom stereocenters. The minimum absolute atomic E-state index is 0.0789. The van der Waals surface area contributed by atoms with Crippen molar-refractivity contribution in [3.05, 3.63) is 54.6 Å². The maximum absolute atomic E-state index is 13.9. The molecule has 0 saturated heterocycles. The van der Waals surface area contributed by atoms with E-state index in [0.29, 0.717) is 10.9 Å². The van der Waals surface area contributed by atoms with Crippen LogP contribution in [0.4, 0.5) is 8.78 Å². The van der Waals surface area contributed by atoms with Gasteiger partial charge in [-0.2, -0.15) is 0 Å². The molecule has 1 nitrogen and oxygen atoms in total. The summed E-state index contributed by atoms with van der Waals surface area (Å²) in [6.07, 6.45) is 0.544. The number of halogens is 4. The number of nitrogens with one attached hydrogen (secondary N) is 1. The summed E-state index contributed by atoms with van der Waals surface area (Å²) in [5.74, 6) is -1.08. The Morgan fingerprint density at radius 3 is 2.26 bits per heavy atom. The van der Waals surface area contributed by atoms with Crippen molar-refractivity contribution in [1.29, 1.82) is 0 Å². The van der Waals surface area contributed by atoms with Gasteiger partial charge in [0.1, 0.15) is 11.6 Å². The molecule has 2 aromatic rings. The van der Waals surface area contributed by atoms with Gasteiger partial charge in [0.05, 0.1) is 0 Å². The van der Waals surface area contributed by atoms with Crippen LogP contribution in [0.15, 0.2) is 32.5 Å². The monoisotopic (exact) mass is 409 g/mol. The van der Waals surface area contributed by atoms with Gasteiger partial charge < -0.3 is 5.32 Å². The first-order chi connectivity index (χ1) is 9.01. The Hall–Kier alpha value is -0.300. The summed E-state index contributed by atoms with van der Waals surface area (Å²) in [7, 11) is 1.70. The van der Waals surface area contributed by atoms with Gasteiger partial charge in [-0.25, -0.2) is 8.78 Å². The predicted octanol–water partition coefficient (Wildman–Crippen LogP) is 5.05. The molecule has 0 saturated carbocycles. The lowest BCUT2D eigenvalue weighted by Crippen LogP contribution is -2.21. The highest BCUT2D eigenvalue weighted by atomic mass is 79.9. The van der Waals surface area contributed by atoms with Crippen LogP contribution in [-0.2, 0) is 6.42 Å². The van der Waals surface area contributed by atoms with Crippen LogP contribution in [0.1, 0.15) is 16.5 Å². The number of thiophene rings is 1. The topological polar surface area (TPSA) is 12.0 Å². The van der Waals surface area contributed by atoms with Gasteiger partial charge in [0.25, 0.3) is 0 Å². The molecular weight excluding hydrogens is 400 g/mol. The van der Waals surface area contributed by atoms with E-state index in [4.69, 9.17) is 0 Å². The predicted molar refractivity (Wildman–Crippen MR) is 81.6 cm³/mol. The zero-order valence-electron chi connectivity index (χ0n) is 10.0. The van der Waals surface area contributed by atoms with E-state index in [2.05, 4.69) is 37.2 Å². The summed E-state index contributed by atoms with van der Waals surface area (Å²) in [5, 5.41) is 4.93. The minimum atomic E-state index is -0.540. The van der Waals surface area contributed by atoms with Crippen LogP contribution in [-0.4, -0.2) is 7.05 Å². The van der Waals surface area contributed by atoms with Crippen LogP contribution in [0.3, 0.4) is 0 Å². The molecule has 1 N–H and O–H groups in total. The van der Waals surface area contributed by atoms with Crippen molar-refractivity contribution in [1.82, 2.24) is 5.32 Å². The molecule has 102 valence electrons. The Balaban J connectivity index is 2.32. The highest BCUT2D eigenvalue weighted by Crippen LogP contribution is 2.29. The van der Waals surface area contributed by atoms with Gasteiger partial charge >= 0.3 is 0 Å². The molecule has 0 fully saturated rings. The molecule has 1 aromatic carbocycles. The fourth-order valence-electron chi connectivity index (χ4n) is 1.90. The summed E-state index contributed by atoms with van der Waals surface area (Å²) >= 11 is 8.02. The Kier molecular flexibility index (Phi) is 5.11. The highest BCUT2D eigenvalue weighted by molar-refractivity contribution is 9.10. The minimum Gasteiger partial charge on any atom is -0.313 e. The Morgan fingerprint density at radius 2 is 1.79 bits per heavy atom. The Morgan fingerprint density at radius 1 is 1.16 bits per heavy atom. The largest absolute Gasteiger partial charge is 0.313 e. The van der Waals surface area contributed by atoms with E-state index in [1.807, 2.05) is 11.4 Å². The van der Waals surface area contributed by atoms with Crippen LogP contribution in [0.5, 0.6) is 0 Å². The normalized spacial score (nSPS) is 12.7. The number of likely N-dealkylation sites (N-methyl/N-ethyl adjacent to an activating group) is 1. The number of rotatable bonds is 4. The zero-order chi connectivity index (χ0) is 14.0. The summed E-state index contributed by atoms with van der Waals surface area (Å²) in [5.41, 5.74) is 0.0789. The van der Waals surface area contributed by atoms with Gasteiger partial charge in [0.2, 0.25) is 0 Å². The smallest absolute Gasteiger partial charge is 0.132 e. The van der Waals surface area contributed by atoms with Crippen molar-refractivity contribution in [2.75, 3.05) is 7.05 Å². The van der Waals surface area contributed by atoms with Crippen LogP contribution in [0.25, 0.3) is 0 Å². The number of hydrogen-bond donors (Lipinski definition) is 1. The SMILES string of the molecule is CNC(Cc1cc(Br)cs1)c1c(F)cc(Br)cc1F. The molecule has 2 rings (SSSR count). The first-order valence-corrected chi connectivity index (χ1v) is 8.02. The molecule has 1 heterocycles. The molecule has 0 bridgehead atoms. The molecule has 0 aliphatic heterocycles. The average Bonchev–Trinajstić information content (AvgIpc) is 2.72. The quantitative estimate of drug-likeness (QED) is 0.743. The van der Waals surface area contributed by atoms with Gasteiger partial charge in [0.15, 0.2) is 0 Å². The fourth-order valence-corrected chi connectivity index (χ4v) is 3.80. The molecule has 1 unspecified atom stereocenters. The van der Waals surface area contributed by atoms with E-state index in [1.165, 1.54) is 12.1 Å². The third-order valence-electron chi connectivity index (χ3n) is 2.77. The van der Waals surface area contributed by atoms with Gasteiger partial charge in [-0.05, 0) is 41.2 Å². The van der Waals surface area contributed by atoms with Crippen molar-refractivity contribution >= 4 is 43.2 Å². The first kappa shape index (κ1) is 15.1. The van der Waals surface area contributed by atoms with Gasteiger partial charge in [-0.15, -0.1) is 11.3 Å². The number of hydrogen-bond acceptors (Lipinski definition) is 2. The van der Waals surface area contributed by atoms with Gasteiger partial charge in [-0.3, -0.25) is 0 Å². The molecule has 0 aliphatic carbocycles. The molecule has 0 spiro atoms. The van der Waals surface area contributed by atoms with E-state index >= 15 is 0 Å². The molecule has 1 aromatic heterocycles. The second kappa shape index (κ2) is 6.43. The zero-order valence-corrected chi connectivity index (χ0v) is 14.0. The lowest BCUT2D eigenvalue weighted by Gasteiger charge is -2.17. The average molecular weight is 411 g/mol. The van der Waals surface area contributed by atoms with E-state index in [-0.39, 0.29) is 5.56 Å². The van der Waals surface area contributed by atoms with E-state index in [1.54, 1.807) is 18.4 Å². The Bertz CT molecular complexity index is 563. The maximum atomic E-state index is 13.9. The van der Waals surface area contributed by atoms with E-state index < -0.39 is 17.7 Å². The van der Waals surface area contributed by atoms with Gasteiger partial charge in [0, 0.05) is 37.2 Å². The standard InChI is InChI=1S/C13H11Br2F2NS/c1-18-12(5-9-2-8(15)6-19-9)13-10(16)3-7(14)4-11(13)17/h2-4,6,12,18H,5H2,1H3. The van der Waals surface area contributed by atoms with Crippen LogP contribution in [0, 0.1) is 11.6 Å². The van der Waals surface area contributed by atoms with E-state index in [0.717, 1.165) is 9.35 Å². The molecule has 0 amide bonds. The molecule has 0 radical (unpaired) electrons. The van der Waals surface area contributed by atoms with Crippen molar-refractivity contribution in [3.8, 4) is 0 Å². The summed E-state index contributed by atoms with van der Waals surface area (Å²) < 4.78 is 29.3. The Labute approximate surface area is 131 Å². The molecule has 0 aliphatic rings. The summed E-state index contributed by atoms with van der Waals surface area (Å²) in [6, 6.07) is 4.14. The third-order valence-corrected chi connectivity index (χ3v) is 4.95. The maximum Gasteiger partial charge on any atom is 0.132 e. The summed E-state index contributed by atoms with van der Waals surface area (Å²) in [6.45, 7) is 0. The molecular formula is C13H11Br2F2NS. The second-order valence-electron chi connectivity index (χ2n) is 4.06. The number of benzene rings is 1. The van der Waals surface area contributed by atoms with E-state index in [9.17, 15) is 8.78 Å². The molecule has 6 heteroatoms. The first-order valence-electron chi connectivity index (χ1n) is 5.56. The van der Waals surface area contributed by atoms with Crippen LogP contribution < -0.4 is 5.32 Å². The lowest BCUT2D eigenvalue weighted by molar-refractivity contribution is 0.490. The second-order valence-corrected chi connectivity index (χ2v) is 6.89. The van der Waals surface area contributed by atoms with Crippen molar-refractivity contribution in [2.24, 2.45) is 0 Å². The van der Waals surface area contributed by atoms with Crippen LogP contribution >= 0.6 is 43.2 Å². The van der Waals surface area contributed by atoms with Gasteiger partial charge in [-0.1, -0.05) is 15.9 Å². The summed E-state index contributed by atoms with van der Waals surface area (Å²) in [4.78, 5) is 1.06. The third kappa shape index (κ3) is 3.62. The molecule has 19 heavy (non-hydrogen) atoms. The van der Waals surface area contributed by atoms with Crippen molar-refractivity contribution in [3.63, 3.8) is 0 Å². The van der Waals surface area contributed by atoms with Crippen LogP contribution in [0.2, 0.25) is 0 Å². The fraction of sp³-hybridized carbons (Fsp3) is 0.231.